The van der Waals surface area contributed by atoms with E-state index in [1.165, 1.54) is 7.11 Å². The van der Waals surface area contributed by atoms with Crippen molar-refractivity contribution in [1.82, 2.24) is 0 Å². The normalized spacial score (nSPS) is 10.3. The van der Waals surface area contributed by atoms with Crippen molar-refractivity contribution in [3.8, 4) is 11.5 Å². The minimum absolute atomic E-state index is 0.143. The molecule has 0 bridgehead atoms. The Morgan fingerprint density at radius 3 is 2.43 bits per heavy atom. The smallest absolute Gasteiger partial charge is 0.197 e. The Balaban J connectivity index is 2.58. The number of hydrogen-bond acceptors (Lipinski definition) is 3. The van der Waals surface area contributed by atoms with Crippen molar-refractivity contribution in [3.63, 3.8) is 0 Å². The summed E-state index contributed by atoms with van der Waals surface area (Å²) < 4.78 is 11.2. The number of methoxy groups -OCH3 is 2. The Bertz CT molecular complexity index is 698. The van der Waals surface area contributed by atoms with Crippen molar-refractivity contribution in [2.75, 3.05) is 14.2 Å². The molecule has 0 saturated carbocycles. The highest BCUT2D eigenvalue weighted by atomic mass is 79.9. The summed E-state index contributed by atoms with van der Waals surface area (Å²) in [6.45, 7) is 1.87. The number of carbonyl (C=O) groups excluding carboxylic acids is 1. The molecule has 0 unspecified atom stereocenters. The van der Waals surface area contributed by atoms with Gasteiger partial charge in [0.25, 0.3) is 0 Å². The molecule has 3 nitrogen and oxygen atoms in total. The Morgan fingerprint density at radius 1 is 1.10 bits per heavy atom. The summed E-state index contributed by atoms with van der Waals surface area (Å²) in [5.74, 6) is 0.903. The molecule has 0 aliphatic rings. The second-order valence-electron chi connectivity index (χ2n) is 4.45. The van der Waals surface area contributed by atoms with Crippen LogP contribution in [0.3, 0.4) is 0 Å². The van der Waals surface area contributed by atoms with E-state index in [1.807, 2.05) is 13.0 Å². The van der Waals surface area contributed by atoms with E-state index in [0.717, 1.165) is 5.56 Å². The lowest BCUT2D eigenvalue weighted by Crippen LogP contribution is -2.07. The lowest BCUT2D eigenvalue weighted by molar-refractivity contribution is 0.103. The molecule has 0 aliphatic carbocycles. The maximum Gasteiger partial charge on any atom is 0.197 e. The zero-order chi connectivity index (χ0) is 15.6. The fourth-order valence-corrected chi connectivity index (χ4v) is 2.90. The van der Waals surface area contributed by atoms with Crippen molar-refractivity contribution < 1.29 is 14.3 Å². The first kappa shape index (κ1) is 15.9. The number of ether oxygens (including phenoxy) is 2. The van der Waals surface area contributed by atoms with Gasteiger partial charge < -0.3 is 9.47 Å². The highest BCUT2D eigenvalue weighted by Crippen LogP contribution is 2.38. The van der Waals surface area contributed by atoms with Gasteiger partial charge in [0.15, 0.2) is 5.78 Å². The van der Waals surface area contributed by atoms with Gasteiger partial charge in [0.05, 0.1) is 19.8 Å². The molecule has 0 aromatic heterocycles. The average Bonchev–Trinajstić information content (AvgIpc) is 2.48. The van der Waals surface area contributed by atoms with E-state index in [1.54, 1.807) is 31.4 Å². The number of halogens is 2. The van der Waals surface area contributed by atoms with Crippen molar-refractivity contribution in [2.45, 2.75) is 6.92 Å². The van der Waals surface area contributed by atoms with Crippen LogP contribution in [-0.2, 0) is 0 Å². The highest BCUT2D eigenvalue weighted by Gasteiger charge is 2.20. The Hall–Kier alpha value is -1.52. The van der Waals surface area contributed by atoms with Gasteiger partial charge in [-0.3, -0.25) is 4.79 Å². The summed E-state index contributed by atoms with van der Waals surface area (Å²) in [6.07, 6.45) is 0. The molecular weight excluding hydrogens is 356 g/mol. The topological polar surface area (TPSA) is 35.5 Å². The summed E-state index contributed by atoms with van der Waals surface area (Å²) in [6, 6.07) is 8.65. The molecule has 110 valence electrons. The fourth-order valence-electron chi connectivity index (χ4n) is 2.06. The first-order valence-corrected chi connectivity index (χ1v) is 7.38. The third-order valence-corrected chi connectivity index (χ3v) is 4.16. The second kappa shape index (κ2) is 6.50. The van der Waals surface area contributed by atoms with Crippen LogP contribution in [0.4, 0.5) is 0 Å². The van der Waals surface area contributed by atoms with Crippen molar-refractivity contribution in [2.24, 2.45) is 0 Å². The third kappa shape index (κ3) is 3.06. The van der Waals surface area contributed by atoms with Crippen molar-refractivity contribution in [1.29, 1.82) is 0 Å². The maximum absolute atomic E-state index is 12.8. The molecule has 0 radical (unpaired) electrons. The van der Waals surface area contributed by atoms with Crippen molar-refractivity contribution in [3.05, 3.63) is 56.5 Å². The zero-order valence-electron chi connectivity index (χ0n) is 11.9. The third-order valence-electron chi connectivity index (χ3n) is 3.17. The van der Waals surface area contributed by atoms with Crippen LogP contribution in [0.25, 0.3) is 0 Å². The zero-order valence-corrected chi connectivity index (χ0v) is 14.2. The monoisotopic (exact) mass is 368 g/mol. The summed E-state index contributed by atoms with van der Waals surface area (Å²) in [7, 11) is 3.07. The molecule has 0 saturated heterocycles. The van der Waals surface area contributed by atoms with Crippen LogP contribution in [0.15, 0.2) is 34.8 Å². The number of rotatable bonds is 4. The lowest BCUT2D eigenvalue weighted by Gasteiger charge is -2.13. The van der Waals surface area contributed by atoms with E-state index < -0.39 is 0 Å². The van der Waals surface area contributed by atoms with Crippen LogP contribution in [0.1, 0.15) is 21.5 Å². The van der Waals surface area contributed by atoms with Gasteiger partial charge in [-0.25, -0.2) is 0 Å². The van der Waals surface area contributed by atoms with Gasteiger partial charge in [0, 0.05) is 10.6 Å². The van der Waals surface area contributed by atoms with E-state index in [0.29, 0.717) is 32.1 Å². The SMILES string of the molecule is COc1ccc(C(=O)c2cc(Cl)ccc2C)c(OC)c1Br. The number of ketones is 1. The van der Waals surface area contributed by atoms with Crippen LogP contribution in [0.5, 0.6) is 11.5 Å². The van der Waals surface area contributed by atoms with E-state index in [2.05, 4.69) is 15.9 Å². The number of carbonyl (C=O) groups is 1. The first-order chi connectivity index (χ1) is 9.99. The molecule has 0 aliphatic heterocycles. The predicted octanol–water partition coefficient (Wildman–Crippen LogP) is 4.66. The molecule has 2 aromatic rings. The molecule has 0 spiro atoms. The van der Waals surface area contributed by atoms with Crippen LogP contribution in [0.2, 0.25) is 5.02 Å². The molecule has 0 amide bonds. The molecule has 21 heavy (non-hydrogen) atoms. The maximum atomic E-state index is 12.8. The van der Waals surface area contributed by atoms with E-state index in [-0.39, 0.29) is 5.78 Å². The number of aryl methyl sites for hydroxylation is 1. The van der Waals surface area contributed by atoms with Crippen LogP contribution in [-0.4, -0.2) is 20.0 Å². The van der Waals surface area contributed by atoms with Gasteiger partial charge in [0.2, 0.25) is 0 Å². The van der Waals surface area contributed by atoms with Crippen LogP contribution in [0, 0.1) is 6.92 Å². The lowest BCUT2D eigenvalue weighted by atomic mass is 9.98. The summed E-state index contributed by atoms with van der Waals surface area (Å²) in [4.78, 5) is 12.8. The first-order valence-electron chi connectivity index (χ1n) is 6.21. The Kier molecular flexibility index (Phi) is 4.91. The highest BCUT2D eigenvalue weighted by molar-refractivity contribution is 9.10. The minimum Gasteiger partial charge on any atom is -0.495 e. The van der Waals surface area contributed by atoms with Crippen molar-refractivity contribution >= 4 is 33.3 Å². The molecule has 5 heteroatoms. The molecule has 0 fully saturated rings. The minimum atomic E-state index is -0.143. The van der Waals surface area contributed by atoms with E-state index in [9.17, 15) is 4.79 Å². The Morgan fingerprint density at radius 2 is 1.81 bits per heavy atom. The van der Waals surface area contributed by atoms with E-state index in [4.69, 9.17) is 21.1 Å². The largest absolute Gasteiger partial charge is 0.495 e. The standard InChI is InChI=1S/C16H14BrClO3/c1-9-4-5-10(18)8-12(9)15(19)11-6-7-13(20-2)14(17)16(11)21-3/h4-8H,1-3H3. The quantitative estimate of drug-likeness (QED) is 0.735. The molecule has 0 heterocycles. The van der Waals surface area contributed by atoms with Gasteiger partial charge in [-0.2, -0.15) is 0 Å². The molecular formula is C16H14BrClO3. The molecule has 0 atom stereocenters. The van der Waals surface area contributed by atoms with Crippen LogP contribution < -0.4 is 9.47 Å². The summed E-state index contributed by atoms with van der Waals surface area (Å²) >= 11 is 9.39. The van der Waals surface area contributed by atoms with Gasteiger partial charge in [0.1, 0.15) is 16.0 Å². The second-order valence-corrected chi connectivity index (χ2v) is 5.68. The van der Waals surface area contributed by atoms with Gasteiger partial charge in [-0.15, -0.1) is 0 Å². The fraction of sp³-hybridized carbons (Fsp3) is 0.188. The number of hydrogen-bond donors (Lipinski definition) is 0. The average molecular weight is 370 g/mol. The molecule has 2 rings (SSSR count). The van der Waals surface area contributed by atoms with Gasteiger partial charge in [-0.05, 0) is 52.7 Å². The van der Waals surface area contributed by atoms with Crippen LogP contribution >= 0.6 is 27.5 Å². The predicted molar refractivity (Wildman–Crippen MR) is 86.9 cm³/mol. The number of benzene rings is 2. The summed E-state index contributed by atoms with van der Waals surface area (Å²) in [5, 5.41) is 0.524. The van der Waals surface area contributed by atoms with E-state index >= 15 is 0 Å². The van der Waals surface area contributed by atoms with Gasteiger partial charge >= 0.3 is 0 Å². The van der Waals surface area contributed by atoms with Gasteiger partial charge in [-0.1, -0.05) is 17.7 Å². The summed E-state index contributed by atoms with van der Waals surface area (Å²) in [5.41, 5.74) is 1.87. The molecule has 0 N–H and O–H groups in total. The Labute approximate surface area is 137 Å². The molecule has 2 aromatic carbocycles.